The van der Waals surface area contributed by atoms with Crippen LogP contribution in [-0.2, 0) is 33.6 Å². The van der Waals surface area contributed by atoms with Crippen LogP contribution in [0.1, 0.15) is 41.0 Å². The lowest BCUT2D eigenvalue weighted by molar-refractivity contribution is -0.432. The van der Waals surface area contributed by atoms with Gasteiger partial charge in [-0.05, 0) is 34.6 Å². The zero-order valence-corrected chi connectivity index (χ0v) is 14.0. The van der Waals surface area contributed by atoms with Crippen LogP contribution < -0.4 is 0 Å². The van der Waals surface area contributed by atoms with Gasteiger partial charge in [-0.2, -0.15) is 0 Å². The lowest BCUT2D eigenvalue weighted by atomic mass is 10.2. The number of rotatable bonds is 11. The van der Waals surface area contributed by atoms with Crippen molar-refractivity contribution in [3.8, 4) is 0 Å². The maximum Gasteiger partial charge on any atom is 0.336 e. The first kappa shape index (κ1) is 20.6. The molecular weight excluding hydrogens is 292 g/mol. The Morgan fingerprint density at radius 3 is 2.18 bits per heavy atom. The molecule has 0 fully saturated rings. The Morgan fingerprint density at radius 2 is 1.68 bits per heavy atom. The van der Waals surface area contributed by atoms with Gasteiger partial charge in [-0.3, -0.25) is 4.79 Å². The van der Waals surface area contributed by atoms with E-state index in [0.29, 0.717) is 6.61 Å². The highest BCUT2D eigenvalue weighted by Crippen LogP contribution is 2.21. The van der Waals surface area contributed by atoms with Crippen LogP contribution in [0.3, 0.4) is 0 Å². The molecule has 0 aromatic heterocycles. The third kappa shape index (κ3) is 7.53. The molecule has 0 saturated heterocycles. The van der Waals surface area contributed by atoms with Crippen molar-refractivity contribution in [2.45, 2.75) is 52.9 Å². The summed E-state index contributed by atoms with van der Waals surface area (Å²) >= 11 is 0. The average Bonchev–Trinajstić information content (AvgIpc) is 2.44. The Kier molecular flexibility index (Phi) is 9.64. The van der Waals surface area contributed by atoms with Crippen molar-refractivity contribution in [3.05, 3.63) is 12.2 Å². The van der Waals surface area contributed by atoms with Crippen LogP contribution in [0.15, 0.2) is 12.2 Å². The van der Waals surface area contributed by atoms with Crippen LogP contribution in [0.25, 0.3) is 0 Å². The zero-order chi connectivity index (χ0) is 17.2. The number of hydrogen-bond donors (Lipinski definition) is 0. The van der Waals surface area contributed by atoms with Crippen molar-refractivity contribution in [1.29, 1.82) is 0 Å². The molecule has 0 amide bonds. The third-order valence-corrected chi connectivity index (χ3v) is 2.62. The van der Waals surface area contributed by atoms with E-state index in [9.17, 15) is 9.59 Å². The second-order valence-corrected chi connectivity index (χ2v) is 4.62. The normalized spacial score (nSPS) is 14.8. The molecule has 128 valence electrons. The first-order valence-electron chi connectivity index (χ1n) is 7.29. The van der Waals surface area contributed by atoms with Crippen LogP contribution >= 0.6 is 0 Å². The Morgan fingerprint density at radius 1 is 1.09 bits per heavy atom. The summed E-state index contributed by atoms with van der Waals surface area (Å²) in [6.07, 6.45) is -0.895. The SMILES string of the molecule is C=C(C(=O)OCC)C(C)OOC(C)(CC(=O)OCC)OCC. The van der Waals surface area contributed by atoms with Crippen LogP contribution in [0.2, 0.25) is 0 Å². The molecule has 0 aromatic carbocycles. The minimum absolute atomic E-state index is 0.108. The van der Waals surface area contributed by atoms with Gasteiger partial charge in [-0.1, -0.05) is 6.58 Å². The van der Waals surface area contributed by atoms with Gasteiger partial charge in [0, 0.05) is 6.61 Å². The fourth-order valence-corrected chi connectivity index (χ4v) is 1.51. The monoisotopic (exact) mass is 318 g/mol. The van der Waals surface area contributed by atoms with E-state index in [-0.39, 0.29) is 25.2 Å². The predicted molar refractivity (Wildman–Crippen MR) is 78.7 cm³/mol. The molecule has 0 spiro atoms. The third-order valence-electron chi connectivity index (χ3n) is 2.62. The molecule has 0 heterocycles. The summed E-state index contributed by atoms with van der Waals surface area (Å²) < 4.78 is 15.1. The molecule has 2 unspecified atom stereocenters. The van der Waals surface area contributed by atoms with Crippen molar-refractivity contribution in [3.63, 3.8) is 0 Å². The zero-order valence-electron chi connectivity index (χ0n) is 14.0. The number of esters is 2. The van der Waals surface area contributed by atoms with Crippen molar-refractivity contribution in [2.75, 3.05) is 19.8 Å². The van der Waals surface area contributed by atoms with E-state index in [1.165, 1.54) is 0 Å². The highest BCUT2D eigenvalue weighted by atomic mass is 17.2. The molecule has 7 heteroatoms. The summed E-state index contributed by atoms with van der Waals surface area (Å²) in [4.78, 5) is 33.5. The summed E-state index contributed by atoms with van der Waals surface area (Å²) in [5, 5.41) is 0. The number of hydrogen-bond acceptors (Lipinski definition) is 7. The van der Waals surface area contributed by atoms with Crippen LogP contribution in [0, 0.1) is 0 Å². The van der Waals surface area contributed by atoms with Gasteiger partial charge in [0.15, 0.2) is 0 Å². The molecule has 0 aliphatic rings. The maximum absolute atomic E-state index is 11.6. The fourth-order valence-electron chi connectivity index (χ4n) is 1.51. The Hall–Kier alpha value is -1.44. The smallest absolute Gasteiger partial charge is 0.336 e. The average molecular weight is 318 g/mol. The van der Waals surface area contributed by atoms with Gasteiger partial charge >= 0.3 is 11.9 Å². The van der Waals surface area contributed by atoms with Crippen LogP contribution in [-0.4, -0.2) is 43.7 Å². The van der Waals surface area contributed by atoms with Gasteiger partial charge in [0.25, 0.3) is 0 Å². The van der Waals surface area contributed by atoms with E-state index in [4.69, 9.17) is 24.0 Å². The van der Waals surface area contributed by atoms with Gasteiger partial charge < -0.3 is 14.2 Å². The summed E-state index contributed by atoms with van der Waals surface area (Å²) in [6.45, 7) is 12.7. The summed E-state index contributed by atoms with van der Waals surface area (Å²) in [7, 11) is 0. The first-order valence-corrected chi connectivity index (χ1v) is 7.29. The summed E-state index contributed by atoms with van der Waals surface area (Å²) in [5.74, 6) is -2.36. The van der Waals surface area contributed by atoms with E-state index in [1.807, 2.05) is 0 Å². The molecule has 2 atom stereocenters. The second kappa shape index (κ2) is 10.3. The van der Waals surface area contributed by atoms with Gasteiger partial charge in [0.2, 0.25) is 5.79 Å². The molecule has 0 rings (SSSR count). The van der Waals surface area contributed by atoms with Crippen molar-refractivity contribution in [2.24, 2.45) is 0 Å². The van der Waals surface area contributed by atoms with Crippen LogP contribution in [0.4, 0.5) is 0 Å². The van der Waals surface area contributed by atoms with Crippen molar-refractivity contribution in [1.82, 2.24) is 0 Å². The van der Waals surface area contributed by atoms with Gasteiger partial charge in [-0.25, -0.2) is 14.6 Å². The highest BCUT2D eigenvalue weighted by molar-refractivity contribution is 5.88. The largest absolute Gasteiger partial charge is 0.466 e. The summed E-state index contributed by atoms with van der Waals surface area (Å²) in [6, 6.07) is 0. The van der Waals surface area contributed by atoms with Crippen molar-refractivity contribution < 1.29 is 33.6 Å². The molecule has 0 N–H and O–H groups in total. The van der Waals surface area contributed by atoms with Gasteiger partial charge in [0.05, 0.1) is 18.8 Å². The standard InChI is InChI=1S/C15H26O7/c1-7-18-13(16)10-15(6,20-9-3)22-21-12(5)11(4)14(17)19-8-2/h12H,4,7-10H2,1-3,5-6H3. The molecule has 0 saturated carbocycles. The Labute approximate surface area is 131 Å². The van der Waals surface area contributed by atoms with Gasteiger partial charge in [0.1, 0.15) is 12.5 Å². The maximum atomic E-state index is 11.6. The number of carbonyl (C=O) groups is 2. The lowest BCUT2D eigenvalue weighted by Crippen LogP contribution is -2.37. The Bertz CT molecular complexity index is 380. The molecule has 22 heavy (non-hydrogen) atoms. The highest BCUT2D eigenvalue weighted by Gasteiger charge is 2.33. The van der Waals surface area contributed by atoms with Crippen molar-refractivity contribution >= 4 is 11.9 Å². The molecular formula is C15H26O7. The quantitative estimate of drug-likeness (QED) is 0.190. The van der Waals surface area contributed by atoms with E-state index < -0.39 is 23.8 Å². The van der Waals surface area contributed by atoms with E-state index in [2.05, 4.69) is 6.58 Å². The second-order valence-electron chi connectivity index (χ2n) is 4.62. The topological polar surface area (TPSA) is 80.3 Å². The van der Waals surface area contributed by atoms with E-state index in [1.54, 1.807) is 34.6 Å². The minimum atomic E-state index is -1.32. The number of carbonyl (C=O) groups excluding carboxylic acids is 2. The molecule has 0 radical (unpaired) electrons. The van der Waals surface area contributed by atoms with E-state index in [0.717, 1.165) is 0 Å². The summed E-state index contributed by atoms with van der Waals surface area (Å²) in [5.41, 5.74) is 0.108. The Balaban J connectivity index is 4.59. The van der Waals surface area contributed by atoms with E-state index >= 15 is 0 Å². The minimum Gasteiger partial charge on any atom is -0.466 e. The lowest BCUT2D eigenvalue weighted by Gasteiger charge is -2.28. The first-order chi connectivity index (χ1) is 10.3. The fraction of sp³-hybridized carbons (Fsp3) is 0.733. The van der Waals surface area contributed by atoms with Crippen LogP contribution in [0.5, 0.6) is 0 Å². The molecule has 0 bridgehead atoms. The number of ether oxygens (including phenoxy) is 3. The molecule has 0 aliphatic heterocycles. The predicted octanol–water partition coefficient (Wildman–Crippen LogP) is 2.15. The van der Waals surface area contributed by atoms with Gasteiger partial charge in [-0.15, -0.1) is 0 Å². The molecule has 7 nitrogen and oxygen atoms in total. The molecule has 0 aromatic rings. The molecule has 0 aliphatic carbocycles.